The van der Waals surface area contributed by atoms with Crippen LogP contribution in [0.1, 0.15) is 9.67 Å². The number of urea groups is 1. The highest BCUT2D eigenvalue weighted by Gasteiger charge is 2.23. The number of benzene rings is 1. The third kappa shape index (κ3) is 4.78. The number of hydrogen-bond acceptors (Lipinski definition) is 6. The zero-order valence-electron chi connectivity index (χ0n) is 15.4. The van der Waals surface area contributed by atoms with Gasteiger partial charge in [0, 0.05) is 32.2 Å². The second-order valence-corrected chi connectivity index (χ2v) is 7.11. The summed E-state index contributed by atoms with van der Waals surface area (Å²) < 4.78 is 10.5. The summed E-state index contributed by atoms with van der Waals surface area (Å²) >= 11 is 1.46. The van der Waals surface area contributed by atoms with Crippen LogP contribution in [0.15, 0.2) is 35.7 Å². The zero-order chi connectivity index (χ0) is 19.2. The first-order chi connectivity index (χ1) is 13.1. The number of nitrogens with zero attached hydrogens (tertiary/aromatic N) is 2. The molecule has 0 spiro atoms. The average molecular weight is 389 g/mol. The largest absolute Gasteiger partial charge is 0.497 e. The lowest BCUT2D eigenvalue weighted by Gasteiger charge is -2.34. The van der Waals surface area contributed by atoms with Crippen LogP contribution in [0, 0.1) is 0 Å². The lowest BCUT2D eigenvalue weighted by atomic mass is 10.2. The van der Waals surface area contributed by atoms with Crippen LogP contribution in [0.25, 0.3) is 0 Å². The second-order valence-electron chi connectivity index (χ2n) is 6.16. The summed E-state index contributed by atoms with van der Waals surface area (Å²) in [7, 11) is 3.13. The quantitative estimate of drug-likeness (QED) is 0.770. The van der Waals surface area contributed by atoms with Crippen molar-refractivity contribution >= 4 is 28.8 Å². The van der Waals surface area contributed by atoms with Gasteiger partial charge < -0.3 is 19.7 Å². The number of amides is 2. The van der Waals surface area contributed by atoms with Crippen LogP contribution in [-0.4, -0.2) is 68.6 Å². The molecule has 7 nitrogen and oxygen atoms in total. The first kappa shape index (κ1) is 19.2. The molecule has 27 heavy (non-hydrogen) atoms. The smallest absolute Gasteiger partial charge is 0.322 e. The van der Waals surface area contributed by atoms with Crippen LogP contribution >= 0.6 is 11.3 Å². The predicted octanol–water partition coefficient (Wildman–Crippen LogP) is 2.80. The molecule has 3 rings (SSSR count). The Balaban J connectivity index is 1.52. The molecule has 1 aromatic carbocycles. The fourth-order valence-corrected chi connectivity index (χ4v) is 3.58. The molecule has 1 saturated heterocycles. The van der Waals surface area contributed by atoms with Crippen LogP contribution < -0.4 is 14.8 Å². The van der Waals surface area contributed by atoms with E-state index >= 15 is 0 Å². The number of rotatable bonds is 6. The lowest BCUT2D eigenvalue weighted by Crippen LogP contribution is -2.51. The number of carbonyl (C=O) groups is 2. The van der Waals surface area contributed by atoms with Crippen LogP contribution in [0.2, 0.25) is 0 Å². The van der Waals surface area contributed by atoms with Crippen LogP contribution in [0.3, 0.4) is 0 Å². The molecule has 2 heterocycles. The SMILES string of the molecule is COc1ccc(NC(=O)N2CCN(CC(=O)c3cccs3)CC2)c(OC)c1. The van der Waals surface area contributed by atoms with Gasteiger partial charge in [-0.1, -0.05) is 6.07 Å². The molecule has 1 aromatic heterocycles. The second kappa shape index (κ2) is 8.88. The van der Waals surface area contributed by atoms with Crippen molar-refractivity contribution in [2.75, 3.05) is 52.3 Å². The average Bonchev–Trinajstić information content (AvgIpc) is 3.24. The van der Waals surface area contributed by atoms with E-state index in [1.165, 1.54) is 11.3 Å². The number of ether oxygens (including phenoxy) is 2. The molecule has 0 atom stereocenters. The number of Topliss-reactive ketones (excluding diaryl/α,β-unsaturated/α-hetero) is 1. The number of thiophene rings is 1. The maximum absolute atomic E-state index is 12.5. The van der Waals surface area contributed by atoms with E-state index in [4.69, 9.17) is 9.47 Å². The summed E-state index contributed by atoms with van der Waals surface area (Å²) in [6.07, 6.45) is 0. The number of anilines is 1. The molecule has 0 saturated carbocycles. The van der Waals surface area contributed by atoms with E-state index in [-0.39, 0.29) is 11.8 Å². The van der Waals surface area contributed by atoms with Gasteiger partial charge in [-0.2, -0.15) is 0 Å². The summed E-state index contributed by atoms with van der Waals surface area (Å²) in [5.74, 6) is 1.34. The maximum atomic E-state index is 12.5. The van der Waals surface area contributed by atoms with Gasteiger partial charge in [0.15, 0.2) is 5.78 Å². The summed E-state index contributed by atoms with van der Waals surface area (Å²) in [5, 5.41) is 4.79. The van der Waals surface area contributed by atoms with Gasteiger partial charge in [0.05, 0.1) is 31.3 Å². The van der Waals surface area contributed by atoms with Crippen molar-refractivity contribution < 1.29 is 19.1 Å². The van der Waals surface area contributed by atoms with E-state index in [1.54, 1.807) is 37.3 Å². The lowest BCUT2D eigenvalue weighted by molar-refractivity contribution is 0.0887. The molecular weight excluding hydrogens is 366 g/mol. The molecule has 2 aromatic rings. The van der Waals surface area contributed by atoms with Crippen molar-refractivity contribution in [2.24, 2.45) is 0 Å². The Labute approximate surface area is 162 Å². The van der Waals surface area contributed by atoms with E-state index in [9.17, 15) is 9.59 Å². The van der Waals surface area contributed by atoms with Gasteiger partial charge in [-0.05, 0) is 23.6 Å². The zero-order valence-corrected chi connectivity index (χ0v) is 16.3. The Hall–Kier alpha value is -2.58. The standard InChI is InChI=1S/C19H23N3O4S/c1-25-14-5-6-15(17(12-14)26-2)20-19(24)22-9-7-21(8-10-22)13-16(23)18-4-3-11-27-18/h3-6,11-12H,7-10,13H2,1-2H3,(H,20,24). The number of nitrogens with one attached hydrogen (secondary N) is 1. The maximum Gasteiger partial charge on any atom is 0.322 e. The van der Waals surface area contributed by atoms with Gasteiger partial charge in [0.2, 0.25) is 0 Å². The molecule has 144 valence electrons. The molecule has 0 bridgehead atoms. The van der Waals surface area contributed by atoms with Crippen molar-refractivity contribution in [3.8, 4) is 11.5 Å². The van der Waals surface area contributed by atoms with E-state index in [1.807, 2.05) is 17.5 Å². The Morgan fingerprint density at radius 3 is 2.52 bits per heavy atom. The summed E-state index contributed by atoms with van der Waals surface area (Å²) in [4.78, 5) is 29.4. The fourth-order valence-electron chi connectivity index (χ4n) is 2.92. The number of piperazine rings is 1. The Bertz CT molecular complexity index is 786. The first-order valence-corrected chi connectivity index (χ1v) is 9.55. The van der Waals surface area contributed by atoms with Crippen molar-refractivity contribution in [3.05, 3.63) is 40.6 Å². The minimum Gasteiger partial charge on any atom is -0.497 e. The van der Waals surface area contributed by atoms with Crippen LogP contribution in [0.5, 0.6) is 11.5 Å². The normalized spacial score (nSPS) is 14.7. The number of ketones is 1. The van der Waals surface area contributed by atoms with Gasteiger partial charge in [-0.25, -0.2) is 4.79 Å². The molecule has 1 N–H and O–H groups in total. The van der Waals surface area contributed by atoms with Crippen molar-refractivity contribution in [1.82, 2.24) is 9.80 Å². The van der Waals surface area contributed by atoms with E-state index in [0.29, 0.717) is 49.9 Å². The van der Waals surface area contributed by atoms with Gasteiger partial charge in [-0.3, -0.25) is 9.69 Å². The summed E-state index contributed by atoms with van der Waals surface area (Å²) in [5.41, 5.74) is 0.596. The molecule has 0 unspecified atom stereocenters. The van der Waals surface area contributed by atoms with Gasteiger partial charge in [0.1, 0.15) is 11.5 Å². The van der Waals surface area contributed by atoms with Crippen molar-refractivity contribution in [3.63, 3.8) is 0 Å². The molecule has 1 fully saturated rings. The monoisotopic (exact) mass is 389 g/mol. The van der Waals surface area contributed by atoms with Gasteiger partial charge >= 0.3 is 6.03 Å². The van der Waals surface area contributed by atoms with Crippen LogP contribution in [0.4, 0.5) is 10.5 Å². The molecule has 2 amide bonds. The van der Waals surface area contributed by atoms with Crippen molar-refractivity contribution in [2.45, 2.75) is 0 Å². The Kier molecular flexibility index (Phi) is 6.31. The van der Waals surface area contributed by atoms with Crippen LogP contribution in [-0.2, 0) is 0 Å². The molecule has 0 radical (unpaired) electrons. The van der Waals surface area contributed by atoms with E-state index < -0.39 is 0 Å². The first-order valence-electron chi connectivity index (χ1n) is 8.67. The topological polar surface area (TPSA) is 71.1 Å². The van der Waals surface area contributed by atoms with Gasteiger partial charge in [0.25, 0.3) is 0 Å². The van der Waals surface area contributed by atoms with Gasteiger partial charge in [-0.15, -0.1) is 11.3 Å². The molecule has 8 heteroatoms. The number of methoxy groups -OCH3 is 2. The van der Waals surface area contributed by atoms with Crippen molar-refractivity contribution in [1.29, 1.82) is 0 Å². The summed E-state index contributed by atoms with van der Waals surface area (Å²) in [6, 6.07) is 8.80. The Morgan fingerprint density at radius 1 is 1.11 bits per heavy atom. The number of hydrogen-bond donors (Lipinski definition) is 1. The summed E-state index contributed by atoms with van der Waals surface area (Å²) in [6.45, 7) is 2.88. The molecular formula is C19H23N3O4S. The van der Waals surface area contributed by atoms with E-state index in [2.05, 4.69) is 10.2 Å². The molecule has 1 aliphatic rings. The highest BCUT2D eigenvalue weighted by Crippen LogP contribution is 2.29. The highest BCUT2D eigenvalue weighted by molar-refractivity contribution is 7.12. The fraction of sp³-hybridized carbons (Fsp3) is 0.368. The minimum absolute atomic E-state index is 0.130. The van der Waals surface area contributed by atoms with E-state index in [0.717, 1.165) is 4.88 Å². The third-order valence-corrected chi connectivity index (χ3v) is 5.38. The number of carbonyl (C=O) groups excluding carboxylic acids is 2. The molecule has 0 aliphatic carbocycles. The Morgan fingerprint density at radius 2 is 1.89 bits per heavy atom. The third-order valence-electron chi connectivity index (χ3n) is 4.47. The molecule has 1 aliphatic heterocycles. The predicted molar refractivity (Wildman–Crippen MR) is 105 cm³/mol. The minimum atomic E-state index is -0.178. The highest BCUT2D eigenvalue weighted by atomic mass is 32.1.